The number of aromatic nitrogens is 1. The molecular weight excluding hydrogens is 308 g/mol. The zero-order valence-corrected chi connectivity index (χ0v) is 13.4. The monoisotopic (exact) mass is 326 g/mol. The van der Waals surface area contributed by atoms with Gasteiger partial charge in [0.1, 0.15) is 11.4 Å². The van der Waals surface area contributed by atoms with Crippen LogP contribution in [0.1, 0.15) is 36.7 Å². The quantitative estimate of drug-likeness (QED) is 0.463. The summed E-state index contributed by atoms with van der Waals surface area (Å²) in [5.41, 5.74) is 1.21. The number of carbonyl (C=O) groups excluding carboxylic acids is 2. The third-order valence-electron chi connectivity index (χ3n) is 3.77. The second-order valence-electron chi connectivity index (χ2n) is 5.58. The number of hydrogen-bond donors (Lipinski definition) is 0. The van der Waals surface area contributed by atoms with E-state index in [0.29, 0.717) is 6.61 Å². The van der Waals surface area contributed by atoms with Crippen LogP contribution in [0.3, 0.4) is 0 Å². The van der Waals surface area contributed by atoms with Gasteiger partial charge < -0.3 is 9.57 Å². The number of esters is 1. The first-order valence-electron chi connectivity index (χ1n) is 7.99. The number of carbonyl (C=O) groups is 2. The van der Waals surface area contributed by atoms with E-state index in [1.54, 1.807) is 6.07 Å². The summed E-state index contributed by atoms with van der Waals surface area (Å²) in [5, 5.41) is 4.70. The summed E-state index contributed by atoms with van der Waals surface area (Å²) in [6, 6.07) is 11.0. The minimum Gasteiger partial charge on any atom is -0.463 e. The molecule has 1 atom stereocenters. The van der Waals surface area contributed by atoms with Gasteiger partial charge >= 0.3 is 5.97 Å². The zero-order chi connectivity index (χ0) is 16.9. The number of nitrogens with zero attached hydrogens (tertiary/aromatic N) is 2. The van der Waals surface area contributed by atoms with E-state index >= 15 is 0 Å². The molecule has 0 N–H and O–H groups in total. The van der Waals surface area contributed by atoms with Crippen molar-refractivity contribution in [3.8, 4) is 0 Å². The molecule has 0 amide bonds. The predicted molar refractivity (Wildman–Crippen MR) is 88.9 cm³/mol. The van der Waals surface area contributed by atoms with Gasteiger partial charge in [-0.05, 0) is 18.6 Å². The molecule has 0 saturated carbocycles. The molecule has 1 unspecified atom stereocenters. The van der Waals surface area contributed by atoms with Gasteiger partial charge in [-0.25, -0.2) is 9.78 Å². The summed E-state index contributed by atoms with van der Waals surface area (Å²) in [7, 11) is 0. The summed E-state index contributed by atoms with van der Waals surface area (Å²) in [4.78, 5) is 33.7. The maximum Gasteiger partial charge on any atom is 0.350 e. The molecule has 0 radical (unpaired) electrons. The Kier molecular flexibility index (Phi) is 4.84. The lowest BCUT2D eigenvalue weighted by Gasteiger charge is -2.07. The van der Waals surface area contributed by atoms with Crippen LogP contribution in [0.2, 0.25) is 0 Å². The summed E-state index contributed by atoms with van der Waals surface area (Å²) in [6.07, 6.45) is 0.998. The van der Waals surface area contributed by atoms with E-state index in [0.717, 1.165) is 23.7 Å². The van der Waals surface area contributed by atoms with Crippen molar-refractivity contribution in [3.05, 3.63) is 42.1 Å². The molecule has 3 rings (SSSR count). The van der Waals surface area contributed by atoms with Crippen molar-refractivity contribution in [2.45, 2.75) is 32.3 Å². The molecule has 0 spiro atoms. The number of benzene rings is 1. The smallest absolute Gasteiger partial charge is 0.350 e. The maximum atomic E-state index is 12.5. The summed E-state index contributed by atoms with van der Waals surface area (Å²) >= 11 is 0. The summed E-state index contributed by atoms with van der Waals surface area (Å²) < 4.78 is 5.09. The highest BCUT2D eigenvalue weighted by molar-refractivity contribution is 6.46. The lowest BCUT2D eigenvalue weighted by Crippen LogP contribution is -2.25. The fourth-order valence-corrected chi connectivity index (χ4v) is 2.39. The van der Waals surface area contributed by atoms with Crippen LogP contribution in [0.15, 0.2) is 41.6 Å². The molecule has 2 aromatic rings. The fraction of sp³-hybridized carbons (Fsp3) is 0.333. The van der Waals surface area contributed by atoms with Gasteiger partial charge in [0.25, 0.3) is 0 Å². The summed E-state index contributed by atoms with van der Waals surface area (Å²) in [6.45, 7) is 2.36. The number of oxime groups is 1. The van der Waals surface area contributed by atoms with Crippen LogP contribution in [0.5, 0.6) is 0 Å². The maximum absolute atomic E-state index is 12.5. The third-order valence-corrected chi connectivity index (χ3v) is 3.77. The highest BCUT2D eigenvalue weighted by atomic mass is 16.7. The third kappa shape index (κ3) is 3.42. The van der Waals surface area contributed by atoms with Crippen molar-refractivity contribution < 1.29 is 19.2 Å². The molecule has 0 saturated heterocycles. The van der Waals surface area contributed by atoms with Crippen LogP contribution < -0.4 is 0 Å². The van der Waals surface area contributed by atoms with Crippen molar-refractivity contribution in [1.82, 2.24) is 4.98 Å². The average Bonchev–Trinajstić information content (AvgIpc) is 3.11. The van der Waals surface area contributed by atoms with E-state index in [4.69, 9.17) is 9.57 Å². The number of pyridine rings is 1. The molecule has 1 aliphatic heterocycles. The van der Waals surface area contributed by atoms with E-state index in [2.05, 4.69) is 10.1 Å². The standard InChI is InChI=1S/C18H18N2O4/c1-2-3-10-23-18(22)16-11-15(20-24-16)17(21)14-9-8-12-6-4-5-7-13(12)19-14/h4-9,16H,2-3,10-11H2,1H3. The minimum absolute atomic E-state index is 0.109. The first-order chi connectivity index (χ1) is 11.7. The molecule has 24 heavy (non-hydrogen) atoms. The number of Topliss-reactive ketones (excluding diaryl/α,β-unsaturated/α-hetero) is 1. The van der Waals surface area contributed by atoms with E-state index in [9.17, 15) is 9.59 Å². The first kappa shape index (κ1) is 16.1. The van der Waals surface area contributed by atoms with Gasteiger partial charge in [-0.3, -0.25) is 4.79 Å². The molecular formula is C18H18N2O4. The van der Waals surface area contributed by atoms with Gasteiger partial charge in [-0.1, -0.05) is 42.8 Å². The number of ketones is 1. The lowest BCUT2D eigenvalue weighted by molar-refractivity contribution is -0.155. The Labute approximate surface area is 139 Å². The van der Waals surface area contributed by atoms with E-state index in [1.807, 2.05) is 37.3 Å². The predicted octanol–water partition coefficient (Wildman–Crippen LogP) is 2.91. The zero-order valence-electron chi connectivity index (χ0n) is 13.4. The van der Waals surface area contributed by atoms with E-state index in [-0.39, 0.29) is 23.6 Å². The number of ether oxygens (including phenoxy) is 1. The molecule has 1 aromatic heterocycles. The molecule has 6 nitrogen and oxygen atoms in total. The Morgan fingerprint density at radius 1 is 1.25 bits per heavy atom. The van der Waals surface area contributed by atoms with Crippen LogP contribution in [-0.2, 0) is 14.4 Å². The second-order valence-corrected chi connectivity index (χ2v) is 5.58. The van der Waals surface area contributed by atoms with Gasteiger partial charge in [0, 0.05) is 11.8 Å². The SMILES string of the molecule is CCCCOC(=O)C1CC(C(=O)c2ccc3ccccc3n2)=NO1. The lowest BCUT2D eigenvalue weighted by atomic mass is 10.1. The topological polar surface area (TPSA) is 77.9 Å². The fourth-order valence-electron chi connectivity index (χ4n) is 2.39. The van der Waals surface area contributed by atoms with Gasteiger partial charge in [0.05, 0.1) is 12.1 Å². The molecule has 6 heteroatoms. The number of rotatable bonds is 6. The molecule has 2 heterocycles. The molecule has 124 valence electrons. The molecule has 1 aliphatic rings. The second kappa shape index (κ2) is 7.21. The average molecular weight is 326 g/mol. The Hall–Kier alpha value is -2.76. The largest absolute Gasteiger partial charge is 0.463 e. The van der Waals surface area contributed by atoms with E-state index < -0.39 is 12.1 Å². The van der Waals surface area contributed by atoms with E-state index in [1.165, 1.54) is 0 Å². The van der Waals surface area contributed by atoms with Crippen LogP contribution in [0, 0.1) is 0 Å². The van der Waals surface area contributed by atoms with Crippen molar-refractivity contribution in [2.24, 2.45) is 5.16 Å². The van der Waals surface area contributed by atoms with Crippen molar-refractivity contribution in [2.75, 3.05) is 6.61 Å². The van der Waals surface area contributed by atoms with Crippen LogP contribution in [-0.4, -0.2) is 35.2 Å². The van der Waals surface area contributed by atoms with Gasteiger partial charge in [-0.15, -0.1) is 0 Å². The van der Waals surface area contributed by atoms with Gasteiger partial charge in [0.2, 0.25) is 11.9 Å². The number of hydrogen-bond acceptors (Lipinski definition) is 6. The highest BCUT2D eigenvalue weighted by Gasteiger charge is 2.33. The number of para-hydroxylation sites is 1. The van der Waals surface area contributed by atoms with Gasteiger partial charge in [-0.2, -0.15) is 0 Å². The Morgan fingerprint density at radius 2 is 2.08 bits per heavy atom. The molecule has 0 aliphatic carbocycles. The van der Waals surface area contributed by atoms with Gasteiger partial charge in [0.15, 0.2) is 0 Å². The summed E-state index contributed by atoms with van der Waals surface area (Å²) in [5.74, 6) is -0.814. The normalized spacial score (nSPS) is 16.5. The Morgan fingerprint density at radius 3 is 2.92 bits per heavy atom. The van der Waals surface area contributed by atoms with Crippen LogP contribution in [0.4, 0.5) is 0 Å². The van der Waals surface area contributed by atoms with Crippen molar-refractivity contribution in [1.29, 1.82) is 0 Å². The highest BCUT2D eigenvalue weighted by Crippen LogP contribution is 2.17. The number of fused-ring (bicyclic) bond motifs is 1. The molecule has 1 aromatic carbocycles. The van der Waals surface area contributed by atoms with Crippen molar-refractivity contribution in [3.63, 3.8) is 0 Å². The first-order valence-corrected chi connectivity index (χ1v) is 7.99. The Balaban J connectivity index is 1.66. The van der Waals surface area contributed by atoms with Crippen LogP contribution in [0.25, 0.3) is 10.9 Å². The minimum atomic E-state index is -0.846. The Bertz CT molecular complexity index is 800. The number of unbranched alkanes of at least 4 members (excludes halogenated alkanes) is 1. The van der Waals surface area contributed by atoms with Crippen LogP contribution >= 0.6 is 0 Å². The van der Waals surface area contributed by atoms with Crippen molar-refractivity contribution >= 4 is 28.4 Å². The molecule has 0 fully saturated rings. The molecule has 0 bridgehead atoms.